The first-order valence-electron chi connectivity index (χ1n) is 9.73. The lowest BCUT2D eigenvalue weighted by atomic mass is 10.1. The summed E-state index contributed by atoms with van der Waals surface area (Å²) in [5.41, 5.74) is 1.52. The predicted octanol–water partition coefficient (Wildman–Crippen LogP) is 2.66. The Bertz CT molecular complexity index is 1010. The maximum Gasteiger partial charge on any atom is 0.274 e. The number of imidazole rings is 1. The number of fused-ring (bicyclic) bond motifs is 3. The number of para-hydroxylation sites is 1. The molecule has 0 atom stereocenters. The quantitative estimate of drug-likeness (QED) is 0.771. The Morgan fingerprint density at radius 1 is 1.29 bits per heavy atom. The van der Waals surface area contributed by atoms with Crippen LogP contribution in [-0.2, 0) is 16.6 Å². The molecule has 7 nitrogen and oxygen atoms in total. The van der Waals surface area contributed by atoms with Crippen molar-refractivity contribution in [1.29, 1.82) is 0 Å². The Kier molecular flexibility index (Phi) is 4.79. The number of hydrogen-bond acceptors (Lipinski definition) is 4. The first-order chi connectivity index (χ1) is 13.3. The van der Waals surface area contributed by atoms with Crippen molar-refractivity contribution >= 4 is 15.9 Å². The van der Waals surface area contributed by atoms with Gasteiger partial charge in [-0.2, -0.15) is 4.31 Å². The van der Waals surface area contributed by atoms with Gasteiger partial charge >= 0.3 is 0 Å². The highest BCUT2D eigenvalue weighted by Crippen LogP contribution is 2.33. The lowest BCUT2D eigenvalue weighted by Gasteiger charge is -2.22. The molecule has 0 unspecified atom stereocenters. The van der Waals surface area contributed by atoms with Gasteiger partial charge in [0.1, 0.15) is 11.2 Å². The standard InChI is InChI=1S/C20H26N4O3S/c1-14(2)10-11-23-12-17-19(20(25)22(3)15-8-9-15)21-13-24(17)16-6-4-5-7-18(16)28(23,26)27/h4-7,13-15H,8-12H2,1-3H3. The highest BCUT2D eigenvalue weighted by molar-refractivity contribution is 7.89. The molecule has 2 heterocycles. The van der Waals surface area contributed by atoms with Gasteiger partial charge < -0.3 is 4.90 Å². The minimum atomic E-state index is -3.66. The number of rotatable bonds is 5. The number of carbonyl (C=O) groups is 1. The molecule has 2 aliphatic rings. The van der Waals surface area contributed by atoms with Gasteiger partial charge in [0.05, 0.1) is 17.9 Å². The van der Waals surface area contributed by atoms with Crippen molar-refractivity contribution < 1.29 is 13.2 Å². The maximum atomic E-state index is 13.3. The van der Waals surface area contributed by atoms with Crippen LogP contribution < -0.4 is 0 Å². The second-order valence-corrected chi connectivity index (χ2v) is 9.95. The predicted molar refractivity (Wildman–Crippen MR) is 106 cm³/mol. The molecule has 0 spiro atoms. The van der Waals surface area contributed by atoms with E-state index in [1.54, 1.807) is 47.1 Å². The molecule has 1 aliphatic carbocycles. The van der Waals surface area contributed by atoms with Crippen molar-refractivity contribution in [3.8, 4) is 5.69 Å². The number of aromatic nitrogens is 2. The van der Waals surface area contributed by atoms with E-state index in [2.05, 4.69) is 18.8 Å². The molecule has 0 saturated heterocycles. The van der Waals surface area contributed by atoms with Crippen LogP contribution in [0.3, 0.4) is 0 Å². The number of nitrogens with zero attached hydrogens (tertiary/aromatic N) is 4. The Balaban J connectivity index is 1.82. The molecule has 1 saturated carbocycles. The summed E-state index contributed by atoms with van der Waals surface area (Å²) in [5, 5.41) is 0. The zero-order valence-electron chi connectivity index (χ0n) is 16.5. The Morgan fingerprint density at radius 2 is 2.00 bits per heavy atom. The topological polar surface area (TPSA) is 75.5 Å². The van der Waals surface area contributed by atoms with E-state index in [1.807, 2.05) is 0 Å². The first kappa shape index (κ1) is 19.1. The molecule has 1 aromatic carbocycles. The fourth-order valence-electron chi connectivity index (χ4n) is 3.57. The molecule has 1 aromatic heterocycles. The molecule has 1 amide bonds. The summed E-state index contributed by atoms with van der Waals surface area (Å²) in [5.74, 6) is 0.234. The van der Waals surface area contributed by atoms with E-state index >= 15 is 0 Å². The monoisotopic (exact) mass is 402 g/mol. The average Bonchev–Trinajstić information content (AvgIpc) is 3.44. The summed E-state index contributed by atoms with van der Waals surface area (Å²) in [7, 11) is -1.86. The number of sulfonamides is 1. The largest absolute Gasteiger partial charge is 0.337 e. The maximum absolute atomic E-state index is 13.3. The zero-order chi connectivity index (χ0) is 20.1. The second-order valence-electron chi connectivity index (χ2n) is 8.05. The number of benzene rings is 1. The van der Waals surface area contributed by atoms with Crippen LogP contribution >= 0.6 is 0 Å². The van der Waals surface area contributed by atoms with E-state index in [0.29, 0.717) is 29.5 Å². The van der Waals surface area contributed by atoms with Crippen LogP contribution in [-0.4, -0.2) is 52.7 Å². The van der Waals surface area contributed by atoms with Crippen LogP contribution in [0.1, 0.15) is 49.3 Å². The summed E-state index contributed by atoms with van der Waals surface area (Å²) < 4.78 is 29.9. The summed E-state index contributed by atoms with van der Waals surface area (Å²) >= 11 is 0. The highest BCUT2D eigenvalue weighted by atomic mass is 32.2. The van der Waals surface area contributed by atoms with Crippen LogP contribution in [0.15, 0.2) is 35.5 Å². The molecular formula is C20H26N4O3S. The van der Waals surface area contributed by atoms with Crippen molar-refractivity contribution in [2.24, 2.45) is 5.92 Å². The van der Waals surface area contributed by atoms with Gasteiger partial charge in [0.2, 0.25) is 10.0 Å². The Labute approximate surface area is 166 Å². The summed E-state index contributed by atoms with van der Waals surface area (Å²) in [6.45, 7) is 4.69. The van der Waals surface area contributed by atoms with Crippen LogP contribution in [0, 0.1) is 5.92 Å². The molecule has 4 rings (SSSR count). The molecule has 0 bridgehead atoms. The van der Waals surface area contributed by atoms with E-state index in [-0.39, 0.29) is 23.4 Å². The highest BCUT2D eigenvalue weighted by Gasteiger charge is 2.37. The van der Waals surface area contributed by atoms with Gasteiger partial charge in [-0.3, -0.25) is 9.36 Å². The van der Waals surface area contributed by atoms with Crippen LogP contribution in [0.5, 0.6) is 0 Å². The van der Waals surface area contributed by atoms with E-state index < -0.39 is 10.0 Å². The van der Waals surface area contributed by atoms with Gasteiger partial charge in [-0.15, -0.1) is 0 Å². The second kappa shape index (κ2) is 7.00. The number of carbonyl (C=O) groups excluding carboxylic acids is 1. The number of amides is 1. The lowest BCUT2D eigenvalue weighted by molar-refractivity contribution is 0.0778. The van der Waals surface area contributed by atoms with Crippen molar-refractivity contribution in [2.75, 3.05) is 13.6 Å². The molecule has 8 heteroatoms. The molecule has 1 fully saturated rings. The third-order valence-electron chi connectivity index (χ3n) is 5.51. The van der Waals surface area contributed by atoms with Gasteiger partial charge in [0.25, 0.3) is 5.91 Å². The van der Waals surface area contributed by atoms with Crippen molar-refractivity contribution in [2.45, 2.75) is 50.6 Å². The zero-order valence-corrected chi connectivity index (χ0v) is 17.3. The third kappa shape index (κ3) is 3.24. The smallest absolute Gasteiger partial charge is 0.274 e. The molecule has 2 aromatic rings. The van der Waals surface area contributed by atoms with Crippen molar-refractivity contribution in [1.82, 2.24) is 18.8 Å². The van der Waals surface area contributed by atoms with Crippen LogP contribution in [0.25, 0.3) is 5.69 Å². The van der Waals surface area contributed by atoms with Crippen molar-refractivity contribution in [3.63, 3.8) is 0 Å². The Morgan fingerprint density at radius 3 is 2.68 bits per heavy atom. The average molecular weight is 403 g/mol. The fourth-order valence-corrected chi connectivity index (χ4v) is 5.17. The molecule has 1 aliphatic heterocycles. The molecule has 0 radical (unpaired) electrons. The van der Waals surface area contributed by atoms with Gasteiger partial charge in [-0.1, -0.05) is 26.0 Å². The summed E-state index contributed by atoms with van der Waals surface area (Å²) in [4.78, 5) is 19.4. The molecule has 0 N–H and O–H groups in total. The number of hydrogen-bond donors (Lipinski definition) is 0. The summed E-state index contributed by atoms with van der Waals surface area (Å²) in [6, 6.07) is 7.19. The first-order valence-corrected chi connectivity index (χ1v) is 11.2. The third-order valence-corrected chi connectivity index (χ3v) is 7.40. The molecule has 28 heavy (non-hydrogen) atoms. The van der Waals surface area contributed by atoms with E-state index in [4.69, 9.17) is 0 Å². The minimum absolute atomic E-state index is 0.142. The fraction of sp³-hybridized carbons (Fsp3) is 0.500. The minimum Gasteiger partial charge on any atom is -0.337 e. The van der Waals surface area contributed by atoms with E-state index in [1.165, 1.54) is 4.31 Å². The van der Waals surface area contributed by atoms with Gasteiger partial charge in [0.15, 0.2) is 5.69 Å². The molecular weight excluding hydrogens is 376 g/mol. The summed E-state index contributed by atoms with van der Waals surface area (Å²) in [6.07, 6.45) is 4.34. The van der Waals surface area contributed by atoms with Crippen LogP contribution in [0.4, 0.5) is 0 Å². The molecule has 150 valence electrons. The van der Waals surface area contributed by atoms with E-state index in [9.17, 15) is 13.2 Å². The van der Waals surface area contributed by atoms with E-state index in [0.717, 1.165) is 19.3 Å². The normalized spacial score (nSPS) is 18.4. The van der Waals surface area contributed by atoms with Gasteiger partial charge in [-0.05, 0) is 37.3 Å². The SMILES string of the molecule is CC(C)CCN1Cc2c(C(=O)N(C)C3CC3)ncn2-c2ccccc2S1(=O)=O. The Hall–Kier alpha value is -2.19. The van der Waals surface area contributed by atoms with Crippen molar-refractivity contribution in [3.05, 3.63) is 42.0 Å². The van der Waals surface area contributed by atoms with Gasteiger partial charge in [-0.25, -0.2) is 13.4 Å². The van der Waals surface area contributed by atoms with Crippen LogP contribution in [0.2, 0.25) is 0 Å². The van der Waals surface area contributed by atoms with Gasteiger partial charge in [0, 0.05) is 19.6 Å². The lowest BCUT2D eigenvalue weighted by Crippen LogP contribution is -2.33.